The van der Waals surface area contributed by atoms with Gasteiger partial charge in [0.05, 0.1) is 5.70 Å². The Morgan fingerprint density at radius 3 is 2.42 bits per heavy atom. The van der Waals surface area contributed by atoms with Gasteiger partial charge in [-0.2, -0.15) is 0 Å². The van der Waals surface area contributed by atoms with Gasteiger partial charge in [-0.25, -0.2) is 0 Å². The number of rotatable bonds is 0. The maximum atomic E-state index is 12.4. The fourth-order valence-corrected chi connectivity index (χ4v) is 5.35. The molecule has 1 spiro atoms. The minimum atomic E-state index is -0.726. The topological polar surface area (TPSA) is 58.2 Å². The number of allylic oxidation sites excluding steroid dienone is 1. The summed E-state index contributed by atoms with van der Waals surface area (Å²) in [5.74, 6) is 1.73. The minimum Gasteiger partial charge on any atom is -0.350 e. The highest BCUT2D eigenvalue weighted by atomic mass is 32.2. The lowest BCUT2D eigenvalue weighted by atomic mass is 10.1. The van der Waals surface area contributed by atoms with Crippen LogP contribution in [0.15, 0.2) is 30.0 Å². The average molecular weight is 290 g/mol. The van der Waals surface area contributed by atoms with Crippen LogP contribution in [0.3, 0.4) is 0 Å². The van der Waals surface area contributed by atoms with Crippen LogP contribution in [-0.2, 0) is 4.79 Å². The molecular weight excluding hydrogens is 280 g/mol. The molecule has 0 bridgehead atoms. The van der Waals surface area contributed by atoms with Gasteiger partial charge in [0.1, 0.15) is 5.70 Å². The first-order valence-corrected chi connectivity index (χ1v) is 7.94. The van der Waals surface area contributed by atoms with E-state index >= 15 is 0 Å². The van der Waals surface area contributed by atoms with E-state index in [4.69, 9.17) is 0 Å². The first-order chi connectivity index (χ1) is 9.21. The second kappa shape index (κ2) is 3.80. The van der Waals surface area contributed by atoms with Gasteiger partial charge >= 0.3 is 0 Å². The summed E-state index contributed by atoms with van der Waals surface area (Å²) < 4.78 is -0.726. The summed E-state index contributed by atoms with van der Waals surface area (Å²) in [5.41, 5.74) is 2.63. The van der Waals surface area contributed by atoms with E-state index in [-0.39, 0.29) is 11.7 Å². The summed E-state index contributed by atoms with van der Waals surface area (Å²) in [6, 6.07) is 7.37. The molecule has 6 heteroatoms. The number of fused-ring (bicyclic) bond motifs is 2. The molecule has 1 fully saturated rings. The number of amides is 1. The Hall–Kier alpha value is -1.40. The SMILES string of the molecule is O=C1C2=C(NC(=O)C3(N2)SCCS3)c2ccccc21. The summed E-state index contributed by atoms with van der Waals surface area (Å²) >= 11 is 3.11. The van der Waals surface area contributed by atoms with E-state index in [1.165, 1.54) is 0 Å². The molecule has 1 amide bonds. The highest BCUT2D eigenvalue weighted by molar-refractivity contribution is 8.22. The highest BCUT2D eigenvalue weighted by Crippen LogP contribution is 2.46. The van der Waals surface area contributed by atoms with Crippen LogP contribution in [0, 0.1) is 0 Å². The van der Waals surface area contributed by atoms with E-state index in [0.717, 1.165) is 17.1 Å². The number of carbonyl (C=O) groups is 2. The van der Waals surface area contributed by atoms with Gasteiger partial charge in [-0.05, 0) is 0 Å². The number of nitrogens with one attached hydrogen (secondary N) is 2. The Labute approximate surface area is 118 Å². The van der Waals surface area contributed by atoms with Crippen LogP contribution in [0.5, 0.6) is 0 Å². The quantitative estimate of drug-likeness (QED) is 0.756. The summed E-state index contributed by atoms with van der Waals surface area (Å²) in [4.78, 5) is 24.7. The smallest absolute Gasteiger partial charge is 0.271 e. The number of ketones is 1. The third-order valence-electron chi connectivity index (χ3n) is 3.44. The van der Waals surface area contributed by atoms with Crippen molar-refractivity contribution in [1.29, 1.82) is 0 Å². The van der Waals surface area contributed by atoms with E-state index in [9.17, 15) is 9.59 Å². The van der Waals surface area contributed by atoms with Crippen molar-refractivity contribution in [2.75, 3.05) is 11.5 Å². The van der Waals surface area contributed by atoms with Crippen LogP contribution < -0.4 is 10.6 Å². The Kier molecular flexibility index (Phi) is 2.29. The van der Waals surface area contributed by atoms with E-state index in [2.05, 4.69) is 10.6 Å². The molecule has 1 saturated heterocycles. The maximum Gasteiger partial charge on any atom is 0.271 e. The van der Waals surface area contributed by atoms with E-state index in [1.54, 1.807) is 29.6 Å². The zero-order valence-electron chi connectivity index (χ0n) is 9.86. The molecule has 96 valence electrons. The molecule has 4 rings (SSSR count). The molecule has 2 aliphatic heterocycles. The zero-order chi connectivity index (χ0) is 13.0. The molecule has 0 unspecified atom stereocenters. The third-order valence-corrected chi connectivity index (χ3v) is 6.61. The minimum absolute atomic E-state index is 0.0296. The summed E-state index contributed by atoms with van der Waals surface area (Å²) in [7, 11) is 0. The molecule has 1 aromatic rings. The number of benzene rings is 1. The normalized spacial score (nSPS) is 23.2. The number of thioether (sulfide) groups is 2. The van der Waals surface area contributed by atoms with Gasteiger partial charge in [0.25, 0.3) is 5.91 Å². The van der Waals surface area contributed by atoms with Gasteiger partial charge in [0.2, 0.25) is 9.99 Å². The summed E-state index contributed by atoms with van der Waals surface area (Å²) in [6.07, 6.45) is 0. The van der Waals surface area contributed by atoms with Gasteiger partial charge in [0.15, 0.2) is 0 Å². The van der Waals surface area contributed by atoms with Gasteiger partial charge < -0.3 is 10.6 Å². The molecule has 3 aliphatic rings. The highest BCUT2D eigenvalue weighted by Gasteiger charge is 2.50. The second-order valence-corrected chi connectivity index (χ2v) is 7.39. The second-order valence-electron chi connectivity index (χ2n) is 4.52. The van der Waals surface area contributed by atoms with Crippen LogP contribution in [0.4, 0.5) is 0 Å². The predicted octanol–water partition coefficient (Wildman–Crippen LogP) is 1.40. The summed E-state index contributed by atoms with van der Waals surface area (Å²) in [5, 5.41) is 6.09. The molecule has 1 aromatic carbocycles. The number of carbonyl (C=O) groups excluding carboxylic acids is 2. The van der Waals surface area contributed by atoms with Crippen molar-refractivity contribution >= 4 is 40.9 Å². The molecular formula is C13H10N2O2S2. The lowest BCUT2D eigenvalue weighted by molar-refractivity contribution is -0.120. The molecule has 0 saturated carbocycles. The molecule has 0 aromatic heterocycles. The molecule has 4 nitrogen and oxygen atoms in total. The molecule has 1 aliphatic carbocycles. The van der Waals surface area contributed by atoms with Crippen LogP contribution in [0.25, 0.3) is 5.70 Å². The van der Waals surface area contributed by atoms with Gasteiger partial charge in [-0.15, -0.1) is 23.5 Å². The Morgan fingerprint density at radius 2 is 1.68 bits per heavy atom. The third kappa shape index (κ3) is 1.44. The molecule has 19 heavy (non-hydrogen) atoms. The van der Waals surface area contributed by atoms with E-state index in [0.29, 0.717) is 17.0 Å². The zero-order valence-corrected chi connectivity index (χ0v) is 11.5. The molecule has 2 heterocycles. The van der Waals surface area contributed by atoms with Gasteiger partial charge in [-0.3, -0.25) is 9.59 Å². The molecule has 0 radical (unpaired) electrons. The van der Waals surface area contributed by atoms with Crippen molar-refractivity contribution in [3.8, 4) is 0 Å². The van der Waals surface area contributed by atoms with Crippen LogP contribution in [0.1, 0.15) is 15.9 Å². The fourth-order valence-electron chi connectivity index (χ4n) is 2.56. The van der Waals surface area contributed by atoms with Gasteiger partial charge in [-0.1, -0.05) is 24.3 Å². The monoisotopic (exact) mass is 290 g/mol. The van der Waals surface area contributed by atoms with Crippen LogP contribution in [0.2, 0.25) is 0 Å². The maximum absolute atomic E-state index is 12.4. The number of hydrogen-bond donors (Lipinski definition) is 2. The first-order valence-electron chi connectivity index (χ1n) is 5.97. The van der Waals surface area contributed by atoms with Crippen molar-refractivity contribution in [3.05, 3.63) is 41.1 Å². The van der Waals surface area contributed by atoms with E-state index < -0.39 is 4.20 Å². The Morgan fingerprint density at radius 1 is 1.00 bits per heavy atom. The largest absolute Gasteiger partial charge is 0.350 e. The Balaban J connectivity index is 1.84. The predicted molar refractivity (Wildman–Crippen MR) is 76.6 cm³/mol. The van der Waals surface area contributed by atoms with Crippen molar-refractivity contribution in [1.82, 2.24) is 10.6 Å². The van der Waals surface area contributed by atoms with Crippen molar-refractivity contribution in [3.63, 3.8) is 0 Å². The lowest BCUT2D eigenvalue weighted by Crippen LogP contribution is -2.54. The first kappa shape index (κ1) is 11.4. The fraction of sp³-hybridized carbons (Fsp3) is 0.231. The standard InChI is InChI=1S/C13H10N2O2S2/c16-11-8-4-2-1-3-7(8)9-10(11)15-13(12(17)14-9)18-5-6-19-13/h1-4,15H,5-6H2,(H,14,17). The lowest BCUT2D eigenvalue weighted by Gasteiger charge is -2.33. The molecule has 0 atom stereocenters. The van der Waals surface area contributed by atoms with Crippen LogP contribution >= 0.6 is 23.5 Å². The Bertz CT molecular complexity index is 648. The number of Topliss-reactive ketones (excluding diaryl/α,β-unsaturated/α-hetero) is 1. The van der Waals surface area contributed by atoms with Crippen molar-refractivity contribution in [2.45, 2.75) is 4.20 Å². The van der Waals surface area contributed by atoms with Crippen LogP contribution in [-0.4, -0.2) is 27.4 Å². The number of hydrogen-bond acceptors (Lipinski definition) is 5. The van der Waals surface area contributed by atoms with E-state index in [1.807, 2.05) is 18.2 Å². The average Bonchev–Trinajstić information content (AvgIpc) is 2.99. The van der Waals surface area contributed by atoms with Crippen molar-refractivity contribution in [2.24, 2.45) is 0 Å². The summed E-state index contributed by atoms with van der Waals surface area (Å²) in [6.45, 7) is 0. The van der Waals surface area contributed by atoms with Crippen molar-refractivity contribution < 1.29 is 9.59 Å². The van der Waals surface area contributed by atoms with Gasteiger partial charge in [0, 0.05) is 22.6 Å². The molecule has 2 N–H and O–H groups in total.